The molecule has 2 aliphatic heterocycles. The van der Waals surface area contributed by atoms with Crippen molar-refractivity contribution in [1.29, 1.82) is 0 Å². The van der Waals surface area contributed by atoms with Crippen molar-refractivity contribution < 1.29 is 13.0 Å². The highest BCUT2D eigenvalue weighted by Gasteiger charge is 2.62. The lowest BCUT2D eigenvalue weighted by Gasteiger charge is -2.21. The first-order valence-electron chi connectivity index (χ1n) is 5.68. The van der Waals surface area contributed by atoms with E-state index in [1.165, 1.54) is 4.38 Å². The standard InChI is InChI=1S/C10H17BrNO2S3/c1-4-12(5-2)9-15-7-6-17(13,14)8(11)10(7,3)16-9/h7-8H,4-6H2,1-3H3/q+1/t7-,8?,10-/m0/s1. The number of hydrogen-bond acceptors (Lipinski definition) is 4. The summed E-state index contributed by atoms with van der Waals surface area (Å²) < 4.78 is 26.8. The number of alkyl halides is 1. The van der Waals surface area contributed by atoms with Gasteiger partial charge in [-0.05, 0) is 44.3 Å². The number of thioether (sulfide) groups is 2. The minimum Gasteiger partial charge on any atom is -0.228 e. The highest BCUT2D eigenvalue weighted by atomic mass is 79.9. The zero-order valence-electron chi connectivity index (χ0n) is 10.1. The van der Waals surface area contributed by atoms with Crippen molar-refractivity contribution in [2.24, 2.45) is 0 Å². The van der Waals surface area contributed by atoms with E-state index in [0.29, 0.717) is 5.75 Å². The second kappa shape index (κ2) is 4.72. The van der Waals surface area contributed by atoms with Crippen LogP contribution in [0.25, 0.3) is 0 Å². The van der Waals surface area contributed by atoms with Gasteiger partial charge in [0.2, 0.25) is 0 Å². The first kappa shape index (κ1) is 14.2. The molecule has 0 radical (unpaired) electrons. The molecule has 0 amide bonds. The topological polar surface area (TPSA) is 37.1 Å². The van der Waals surface area contributed by atoms with Gasteiger partial charge in [0, 0.05) is 5.25 Å². The number of nitrogens with zero attached hydrogens (tertiary/aromatic N) is 1. The SMILES string of the molecule is CC[N+](CC)=C1S[C@H]2CS(=O)(=O)C(Br)[C@@]2(C)S1. The third kappa shape index (κ3) is 2.21. The monoisotopic (exact) mass is 358 g/mol. The van der Waals surface area contributed by atoms with Gasteiger partial charge >= 0.3 is 0 Å². The van der Waals surface area contributed by atoms with Gasteiger partial charge in [-0.25, -0.2) is 13.0 Å². The Kier molecular flexibility index (Phi) is 3.95. The van der Waals surface area contributed by atoms with E-state index in [2.05, 4.69) is 41.3 Å². The first-order valence-corrected chi connectivity index (χ1v) is 10.0. The van der Waals surface area contributed by atoms with Gasteiger partial charge in [0.1, 0.15) is 17.2 Å². The Hall–Kier alpha value is 0.800. The van der Waals surface area contributed by atoms with Gasteiger partial charge in [0.05, 0.1) is 10.5 Å². The summed E-state index contributed by atoms with van der Waals surface area (Å²) in [4.78, 5) is 0. The van der Waals surface area contributed by atoms with Gasteiger partial charge in [-0.3, -0.25) is 0 Å². The Balaban J connectivity index is 2.34. The Morgan fingerprint density at radius 2 is 2.06 bits per heavy atom. The van der Waals surface area contributed by atoms with Crippen molar-refractivity contribution in [2.75, 3.05) is 18.8 Å². The van der Waals surface area contributed by atoms with Gasteiger partial charge in [0.15, 0.2) is 9.84 Å². The van der Waals surface area contributed by atoms with Crippen molar-refractivity contribution >= 4 is 53.7 Å². The van der Waals surface area contributed by atoms with Gasteiger partial charge in [-0.1, -0.05) is 15.9 Å². The summed E-state index contributed by atoms with van der Waals surface area (Å²) in [7, 11) is -2.96. The molecule has 2 rings (SSSR count). The largest absolute Gasteiger partial charge is 0.270 e. The predicted molar refractivity (Wildman–Crippen MR) is 80.2 cm³/mol. The molecule has 3 nitrogen and oxygen atoms in total. The number of halogens is 1. The fraction of sp³-hybridized carbons (Fsp3) is 0.900. The zero-order chi connectivity index (χ0) is 12.8. The Bertz CT molecular complexity index is 456. The van der Waals surface area contributed by atoms with Crippen molar-refractivity contribution in [3.8, 4) is 0 Å². The number of sulfone groups is 1. The van der Waals surface area contributed by atoms with Crippen LogP contribution >= 0.6 is 39.5 Å². The van der Waals surface area contributed by atoms with Crippen molar-refractivity contribution in [2.45, 2.75) is 34.9 Å². The molecule has 2 fully saturated rings. The van der Waals surface area contributed by atoms with E-state index in [0.717, 1.165) is 13.1 Å². The maximum atomic E-state index is 11.9. The third-order valence-electron chi connectivity index (χ3n) is 3.36. The van der Waals surface area contributed by atoms with E-state index < -0.39 is 14.0 Å². The summed E-state index contributed by atoms with van der Waals surface area (Å²) in [5, 5.41) is 0.178. The molecule has 0 aliphatic carbocycles. The van der Waals surface area contributed by atoms with E-state index >= 15 is 0 Å². The average molecular weight is 359 g/mol. The van der Waals surface area contributed by atoms with Crippen LogP contribution in [0.1, 0.15) is 20.8 Å². The van der Waals surface area contributed by atoms with Crippen LogP contribution in [0.5, 0.6) is 0 Å². The summed E-state index contributed by atoms with van der Waals surface area (Å²) >= 11 is 6.86. The first-order chi connectivity index (χ1) is 7.85. The molecule has 2 saturated heterocycles. The molecule has 0 aromatic heterocycles. The van der Waals surface area contributed by atoms with Crippen molar-refractivity contribution in [3.05, 3.63) is 0 Å². The normalized spacial score (nSPS) is 39.4. The lowest BCUT2D eigenvalue weighted by Crippen LogP contribution is -2.33. The maximum absolute atomic E-state index is 11.9. The summed E-state index contributed by atoms with van der Waals surface area (Å²) in [6.07, 6.45) is 0. The highest BCUT2D eigenvalue weighted by molar-refractivity contribution is 9.11. The molecule has 7 heteroatoms. The molecular weight excluding hydrogens is 342 g/mol. The zero-order valence-corrected chi connectivity index (χ0v) is 14.2. The molecule has 0 aromatic carbocycles. The van der Waals surface area contributed by atoms with Crippen LogP contribution in [-0.2, 0) is 9.84 Å². The third-order valence-corrected chi connectivity index (χ3v) is 12.1. The molecule has 0 aromatic rings. The minimum absolute atomic E-state index is 0.178. The molecule has 2 heterocycles. The van der Waals surface area contributed by atoms with E-state index in [1.807, 2.05) is 0 Å². The van der Waals surface area contributed by atoms with Gasteiger partial charge in [0.25, 0.3) is 4.38 Å². The number of rotatable bonds is 2. The Morgan fingerprint density at radius 1 is 1.47 bits per heavy atom. The predicted octanol–water partition coefficient (Wildman–Crippen LogP) is 2.15. The van der Waals surface area contributed by atoms with Crippen LogP contribution in [0.15, 0.2) is 0 Å². The Morgan fingerprint density at radius 3 is 2.53 bits per heavy atom. The summed E-state index contributed by atoms with van der Waals surface area (Å²) in [5.74, 6) is 0.294. The number of fused-ring (bicyclic) bond motifs is 1. The van der Waals surface area contributed by atoms with Crippen LogP contribution in [0.3, 0.4) is 0 Å². The molecule has 98 valence electrons. The summed E-state index contributed by atoms with van der Waals surface area (Å²) in [6, 6.07) is 0. The molecule has 0 saturated carbocycles. The van der Waals surface area contributed by atoms with Gasteiger partial charge < -0.3 is 0 Å². The molecule has 17 heavy (non-hydrogen) atoms. The molecular formula is C10H17BrNO2S3+. The molecule has 0 bridgehead atoms. The van der Waals surface area contributed by atoms with E-state index in [1.54, 1.807) is 23.5 Å². The van der Waals surface area contributed by atoms with E-state index in [4.69, 9.17) is 0 Å². The van der Waals surface area contributed by atoms with Crippen LogP contribution in [0.4, 0.5) is 0 Å². The lowest BCUT2D eigenvalue weighted by atomic mass is 10.1. The fourth-order valence-corrected chi connectivity index (χ4v) is 10.3. The van der Waals surface area contributed by atoms with Crippen molar-refractivity contribution in [1.82, 2.24) is 0 Å². The molecule has 0 N–H and O–H groups in total. The summed E-state index contributed by atoms with van der Waals surface area (Å²) in [5.41, 5.74) is 0. The lowest BCUT2D eigenvalue weighted by molar-refractivity contribution is -0.515. The van der Waals surface area contributed by atoms with E-state index in [9.17, 15) is 8.42 Å². The highest BCUT2D eigenvalue weighted by Crippen LogP contribution is 2.57. The maximum Gasteiger partial charge on any atom is 0.270 e. The average Bonchev–Trinajstić information content (AvgIpc) is 2.64. The molecule has 2 aliphatic rings. The second-order valence-electron chi connectivity index (χ2n) is 4.48. The fourth-order valence-electron chi connectivity index (χ4n) is 2.18. The van der Waals surface area contributed by atoms with E-state index in [-0.39, 0.29) is 10.00 Å². The van der Waals surface area contributed by atoms with Crippen LogP contribution < -0.4 is 0 Å². The quantitative estimate of drug-likeness (QED) is 0.559. The number of hydrogen-bond donors (Lipinski definition) is 0. The molecule has 0 spiro atoms. The second-order valence-corrected chi connectivity index (χ2v) is 11.0. The van der Waals surface area contributed by atoms with Gasteiger partial charge in [-0.15, -0.1) is 0 Å². The minimum atomic E-state index is -2.96. The Labute approximate surface area is 120 Å². The van der Waals surface area contributed by atoms with Crippen LogP contribution in [-0.4, -0.2) is 50.4 Å². The smallest absolute Gasteiger partial charge is 0.228 e. The summed E-state index contributed by atoms with van der Waals surface area (Å²) in [6.45, 7) is 8.30. The molecule has 1 unspecified atom stereocenters. The van der Waals surface area contributed by atoms with Crippen LogP contribution in [0, 0.1) is 0 Å². The van der Waals surface area contributed by atoms with Gasteiger partial charge in [-0.2, -0.15) is 0 Å². The van der Waals surface area contributed by atoms with Crippen molar-refractivity contribution in [3.63, 3.8) is 0 Å². The van der Waals surface area contributed by atoms with Crippen LogP contribution in [0.2, 0.25) is 0 Å². The molecule has 3 atom stereocenters.